The van der Waals surface area contributed by atoms with E-state index < -0.39 is 0 Å². The lowest BCUT2D eigenvalue weighted by atomic mass is 10.1. The molecule has 2 rings (SSSR count). The summed E-state index contributed by atoms with van der Waals surface area (Å²) in [6.07, 6.45) is 4.07. The fourth-order valence-corrected chi connectivity index (χ4v) is 2.82. The highest BCUT2D eigenvalue weighted by molar-refractivity contribution is 5.88. The fraction of sp³-hybridized carbons (Fsp3) is 0.588. The van der Waals surface area contributed by atoms with Gasteiger partial charge in [0.1, 0.15) is 0 Å². The fourth-order valence-electron chi connectivity index (χ4n) is 2.82. The van der Waals surface area contributed by atoms with Gasteiger partial charge in [-0.05, 0) is 50.6 Å². The maximum Gasteiger partial charge on any atom is 0.221 e. The lowest BCUT2D eigenvalue weighted by Gasteiger charge is -2.32. The average Bonchev–Trinajstić information content (AvgIpc) is 2.49. The van der Waals surface area contributed by atoms with E-state index in [0.717, 1.165) is 18.8 Å². The molecule has 0 bridgehead atoms. The Morgan fingerprint density at radius 1 is 1.19 bits per heavy atom. The Labute approximate surface area is 127 Å². The summed E-state index contributed by atoms with van der Waals surface area (Å²) in [6.45, 7) is 8.21. The van der Waals surface area contributed by atoms with Crippen LogP contribution in [0.4, 0.5) is 5.69 Å². The van der Waals surface area contributed by atoms with Crippen LogP contribution in [0.5, 0.6) is 0 Å². The van der Waals surface area contributed by atoms with Crippen LogP contribution in [0.25, 0.3) is 0 Å². The standard InChI is InChI=1S/C17H27N3O/c1-14(20-10-4-3-5-11-20)12-18-13-16-6-8-17(9-7-16)19-15(2)21/h6-9,14,18H,3-5,10-13H2,1-2H3,(H,19,21). The van der Waals surface area contributed by atoms with E-state index in [1.165, 1.54) is 44.8 Å². The van der Waals surface area contributed by atoms with Gasteiger partial charge < -0.3 is 10.6 Å². The molecule has 1 aliphatic rings. The SMILES string of the molecule is CC(=O)Nc1ccc(CNCC(C)N2CCCCC2)cc1. The number of piperidine rings is 1. The molecule has 4 heteroatoms. The van der Waals surface area contributed by atoms with Crippen molar-refractivity contribution in [3.05, 3.63) is 29.8 Å². The quantitative estimate of drug-likeness (QED) is 0.846. The molecule has 1 aromatic carbocycles. The summed E-state index contributed by atoms with van der Waals surface area (Å²) >= 11 is 0. The van der Waals surface area contributed by atoms with Crippen molar-refractivity contribution in [3.63, 3.8) is 0 Å². The minimum atomic E-state index is -0.0313. The summed E-state index contributed by atoms with van der Waals surface area (Å²) in [5.41, 5.74) is 2.10. The molecule has 21 heavy (non-hydrogen) atoms. The van der Waals surface area contributed by atoms with Crippen LogP contribution in [-0.4, -0.2) is 36.5 Å². The summed E-state index contributed by atoms with van der Waals surface area (Å²) in [5, 5.41) is 6.31. The number of amides is 1. The lowest BCUT2D eigenvalue weighted by molar-refractivity contribution is -0.114. The third-order valence-electron chi connectivity index (χ3n) is 4.06. The molecule has 2 N–H and O–H groups in total. The summed E-state index contributed by atoms with van der Waals surface area (Å²) in [7, 11) is 0. The lowest BCUT2D eigenvalue weighted by Crippen LogP contribution is -2.42. The van der Waals surface area contributed by atoms with Gasteiger partial charge in [-0.15, -0.1) is 0 Å². The van der Waals surface area contributed by atoms with Gasteiger partial charge in [-0.1, -0.05) is 18.6 Å². The van der Waals surface area contributed by atoms with Crippen molar-refractivity contribution in [1.82, 2.24) is 10.2 Å². The van der Waals surface area contributed by atoms with E-state index in [-0.39, 0.29) is 5.91 Å². The Kier molecular flexibility index (Phi) is 6.21. The van der Waals surface area contributed by atoms with Crippen molar-refractivity contribution in [2.24, 2.45) is 0 Å². The zero-order valence-corrected chi connectivity index (χ0v) is 13.2. The number of anilines is 1. The largest absolute Gasteiger partial charge is 0.326 e. The Bertz CT molecular complexity index is 438. The summed E-state index contributed by atoms with van der Waals surface area (Å²) in [6, 6.07) is 8.62. The third-order valence-corrected chi connectivity index (χ3v) is 4.06. The zero-order chi connectivity index (χ0) is 15.1. The molecule has 1 aliphatic heterocycles. The van der Waals surface area contributed by atoms with E-state index >= 15 is 0 Å². The monoisotopic (exact) mass is 289 g/mol. The molecule has 0 saturated carbocycles. The second-order valence-corrected chi connectivity index (χ2v) is 5.95. The molecule has 1 saturated heterocycles. The van der Waals surface area contributed by atoms with E-state index in [9.17, 15) is 4.79 Å². The normalized spacial score (nSPS) is 17.4. The van der Waals surface area contributed by atoms with E-state index in [2.05, 4.69) is 34.6 Å². The second-order valence-electron chi connectivity index (χ2n) is 5.95. The number of benzene rings is 1. The first-order valence-electron chi connectivity index (χ1n) is 7.96. The van der Waals surface area contributed by atoms with E-state index in [4.69, 9.17) is 0 Å². The molecular weight excluding hydrogens is 262 g/mol. The predicted molar refractivity (Wildman–Crippen MR) is 87.3 cm³/mol. The Morgan fingerprint density at radius 3 is 2.48 bits per heavy atom. The number of hydrogen-bond acceptors (Lipinski definition) is 3. The molecule has 1 unspecified atom stereocenters. The highest BCUT2D eigenvalue weighted by atomic mass is 16.1. The van der Waals surface area contributed by atoms with E-state index in [1.807, 2.05) is 12.1 Å². The first-order chi connectivity index (χ1) is 10.1. The van der Waals surface area contributed by atoms with Crippen LogP contribution in [0.1, 0.15) is 38.7 Å². The number of carbonyl (C=O) groups is 1. The minimum absolute atomic E-state index is 0.0313. The highest BCUT2D eigenvalue weighted by Gasteiger charge is 2.15. The summed E-state index contributed by atoms with van der Waals surface area (Å²) < 4.78 is 0. The number of carbonyl (C=O) groups excluding carboxylic acids is 1. The molecule has 1 amide bonds. The summed E-state index contributed by atoms with van der Waals surface area (Å²) in [5.74, 6) is -0.0313. The van der Waals surface area contributed by atoms with Gasteiger partial charge in [0.05, 0.1) is 0 Å². The molecule has 0 radical (unpaired) electrons. The van der Waals surface area contributed by atoms with Crippen LogP contribution in [0, 0.1) is 0 Å². The molecule has 1 atom stereocenters. The van der Waals surface area contributed by atoms with Crippen molar-refractivity contribution >= 4 is 11.6 Å². The number of nitrogens with one attached hydrogen (secondary N) is 2. The van der Waals surface area contributed by atoms with Gasteiger partial charge >= 0.3 is 0 Å². The third kappa shape index (κ3) is 5.48. The van der Waals surface area contributed by atoms with Gasteiger partial charge in [-0.25, -0.2) is 0 Å². The second kappa shape index (κ2) is 8.15. The van der Waals surface area contributed by atoms with Crippen LogP contribution in [0.3, 0.4) is 0 Å². The van der Waals surface area contributed by atoms with E-state index in [0.29, 0.717) is 6.04 Å². The maximum absolute atomic E-state index is 11.0. The molecule has 4 nitrogen and oxygen atoms in total. The first kappa shape index (κ1) is 16.0. The van der Waals surface area contributed by atoms with Crippen LogP contribution < -0.4 is 10.6 Å². The Balaban J connectivity index is 1.71. The molecule has 0 spiro atoms. The van der Waals surface area contributed by atoms with Crippen LogP contribution in [0.2, 0.25) is 0 Å². The van der Waals surface area contributed by atoms with Crippen molar-refractivity contribution in [2.75, 3.05) is 25.0 Å². The highest BCUT2D eigenvalue weighted by Crippen LogP contribution is 2.12. The van der Waals surface area contributed by atoms with Crippen molar-refractivity contribution in [1.29, 1.82) is 0 Å². The van der Waals surface area contributed by atoms with Crippen LogP contribution >= 0.6 is 0 Å². The topological polar surface area (TPSA) is 44.4 Å². The Morgan fingerprint density at radius 2 is 1.86 bits per heavy atom. The number of nitrogens with zero attached hydrogens (tertiary/aromatic N) is 1. The van der Waals surface area contributed by atoms with Crippen molar-refractivity contribution in [3.8, 4) is 0 Å². The molecule has 1 heterocycles. The molecular formula is C17H27N3O. The summed E-state index contributed by atoms with van der Waals surface area (Å²) in [4.78, 5) is 13.5. The van der Waals surface area contributed by atoms with Crippen LogP contribution in [0.15, 0.2) is 24.3 Å². The van der Waals surface area contributed by atoms with E-state index in [1.54, 1.807) is 0 Å². The average molecular weight is 289 g/mol. The first-order valence-corrected chi connectivity index (χ1v) is 7.96. The van der Waals surface area contributed by atoms with Gasteiger partial charge in [0.15, 0.2) is 0 Å². The van der Waals surface area contributed by atoms with Crippen molar-refractivity contribution < 1.29 is 4.79 Å². The van der Waals surface area contributed by atoms with Gasteiger partial charge in [0.25, 0.3) is 0 Å². The predicted octanol–water partition coefficient (Wildman–Crippen LogP) is 2.61. The molecule has 1 fully saturated rings. The maximum atomic E-state index is 11.0. The Hall–Kier alpha value is -1.39. The van der Waals surface area contributed by atoms with Gasteiger partial charge in [-0.3, -0.25) is 9.69 Å². The smallest absolute Gasteiger partial charge is 0.221 e. The van der Waals surface area contributed by atoms with Gasteiger partial charge in [0.2, 0.25) is 5.91 Å². The molecule has 1 aromatic rings. The molecule has 0 aromatic heterocycles. The van der Waals surface area contributed by atoms with Crippen LogP contribution in [-0.2, 0) is 11.3 Å². The van der Waals surface area contributed by atoms with Crippen molar-refractivity contribution in [2.45, 2.75) is 45.7 Å². The van der Waals surface area contributed by atoms with Gasteiger partial charge in [0, 0.05) is 31.7 Å². The number of likely N-dealkylation sites (tertiary alicyclic amines) is 1. The minimum Gasteiger partial charge on any atom is -0.326 e. The molecule has 0 aliphatic carbocycles. The zero-order valence-electron chi connectivity index (χ0n) is 13.2. The molecule has 116 valence electrons. The number of rotatable bonds is 6. The van der Waals surface area contributed by atoms with Gasteiger partial charge in [-0.2, -0.15) is 0 Å². The number of hydrogen-bond donors (Lipinski definition) is 2.